The van der Waals surface area contributed by atoms with E-state index in [4.69, 9.17) is 16.3 Å². The Balaban J connectivity index is 3.71. The molecule has 0 aliphatic carbocycles. The minimum Gasteiger partial charge on any atom is -0.507 e. The van der Waals surface area contributed by atoms with Crippen LogP contribution in [0.3, 0.4) is 0 Å². The molecule has 19 heavy (non-hydrogen) atoms. The Labute approximate surface area is 113 Å². The maximum absolute atomic E-state index is 13.3. The third-order valence-corrected chi connectivity index (χ3v) is 2.84. The molecular formula is C12H13ClF2O4. The quantitative estimate of drug-likeness (QED) is 0.685. The van der Waals surface area contributed by atoms with Gasteiger partial charge < -0.3 is 14.6 Å². The molecule has 1 rings (SSSR count). The molecule has 0 amide bonds. The van der Waals surface area contributed by atoms with E-state index in [1.165, 1.54) is 7.11 Å². The summed E-state index contributed by atoms with van der Waals surface area (Å²) in [4.78, 5) is 11.6. The number of rotatable bonds is 4. The Morgan fingerprint density at radius 2 is 2.05 bits per heavy atom. The van der Waals surface area contributed by atoms with Crippen LogP contribution in [0.2, 0.25) is 0 Å². The Kier molecular flexibility index (Phi) is 4.57. The van der Waals surface area contributed by atoms with Crippen LogP contribution < -0.4 is 4.74 Å². The highest BCUT2D eigenvalue weighted by Crippen LogP contribution is 2.43. The van der Waals surface area contributed by atoms with E-state index in [2.05, 4.69) is 4.74 Å². The molecule has 1 N–H and O–H groups in total. The normalized spacial score (nSPS) is 11.3. The van der Waals surface area contributed by atoms with Crippen LogP contribution in [0.25, 0.3) is 0 Å². The monoisotopic (exact) mass is 294 g/mol. The maximum atomic E-state index is 13.3. The van der Waals surface area contributed by atoms with Gasteiger partial charge in [0.2, 0.25) is 0 Å². The average molecular weight is 295 g/mol. The van der Waals surface area contributed by atoms with E-state index in [0.29, 0.717) is 0 Å². The molecule has 0 unspecified atom stereocenters. The zero-order valence-electron chi connectivity index (χ0n) is 10.6. The van der Waals surface area contributed by atoms with Crippen molar-refractivity contribution in [2.75, 3.05) is 14.2 Å². The molecule has 0 bridgehead atoms. The van der Waals surface area contributed by atoms with Gasteiger partial charge in [-0.25, -0.2) is 4.79 Å². The molecule has 0 aromatic heterocycles. The maximum Gasteiger partial charge on any atom is 0.349 e. The number of carbonyl (C=O) groups excluding carboxylic acids is 1. The van der Waals surface area contributed by atoms with Crippen molar-refractivity contribution in [3.05, 3.63) is 22.8 Å². The van der Waals surface area contributed by atoms with Crippen molar-refractivity contribution in [3.8, 4) is 11.5 Å². The summed E-state index contributed by atoms with van der Waals surface area (Å²) in [5.41, 5.74) is -1.28. The van der Waals surface area contributed by atoms with Crippen molar-refractivity contribution >= 4 is 17.6 Å². The number of methoxy groups -OCH3 is 2. The summed E-state index contributed by atoms with van der Waals surface area (Å²) in [5.74, 6) is -1.67. The molecule has 0 saturated carbocycles. The summed E-state index contributed by atoms with van der Waals surface area (Å²) in [6.07, 6.45) is 0.285. The van der Waals surface area contributed by atoms with E-state index in [-0.39, 0.29) is 17.7 Å². The molecule has 7 heteroatoms. The molecule has 0 atom stereocenters. The summed E-state index contributed by atoms with van der Waals surface area (Å²) in [6, 6.07) is 0.928. The molecule has 4 nitrogen and oxygen atoms in total. The second kappa shape index (κ2) is 5.61. The smallest absolute Gasteiger partial charge is 0.349 e. The number of ether oxygens (including phenoxy) is 2. The number of phenols is 1. The number of aromatic hydroxyl groups is 1. The highest BCUT2D eigenvalue weighted by molar-refractivity contribution is 6.22. The second-order valence-electron chi connectivity index (χ2n) is 3.67. The molecule has 0 radical (unpaired) electrons. The molecule has 0 heterocycles. The lowest BCUT2D eigenvalue weighted by atomic mass is 9.99. The topological polar surface area (TPSA) is 55.8 Å². The molecule has 0 saturated heterocycles. The molecule has 0 spiro atoms. The van der Waals surface area contributed by atoms with Crippen molar-refractivity contribution in [2.24, 2.45) is 0 Å². The summed E-state index contributed by atoms with van der Waals surface area (Å²) in [5, 5.41) is 6.14. The first-order chi connectivity index (χ1) is 8.77. The van der Waals surface area contributed by atoms with Gasteiger partial charge in [-0.1, -0.05) is 6.92 Å². The largest absolute Gasteiger partial charge is 0.507 e. The highest BCUT2D eigenvalue weighted by atomic mass is 35.5. The predicted octanol–water partition coefficient (Wildman–Crippen LogP) is 3.04. The first-order valence-electron chi connectivity index (χ1n) is 5.36. The summed E-state index contributed by atoms with van der Waals surface area (Å²) >= 11 is 4.95. The van der Waals surface area contributed by atoms with Gasteiger partial charge in [-0.2, -0.15) is 8.78 Å². The number of esters is 1. The first-order valence-corrected chi connectivity index (χ1v) is 5.74. The van der Waals surface area contributed by atoms with Crippen LogP contribution in [0, 0.1) is 0 Å². The van der Waals surface area contributed by atoms with E-state index in [9.17, 15) is 18.7 Å². The van der Waals surface area contributed by atoms with Crippen LogP contribution >= 0.6 is 11.6 Å². The number of halogens is 3. The second-order valence-corrected chi connectivity index (χ2v) is 4.15. The SMILES string of the molecule is CCc1c(OC)cc(C(F)(F)Cl)c(C(=O)OC)c1O. The van der Waals surface area contributed by atoms with Crippen LogP contribution in [0.1, 0.15) is 28.4 Å². The Morgan fingerprint density at radius 3 is 2.42 bits per heavy atom. The van der Waals surface area contributed by atoms with E-state index < -0.39 is 28.2 Å². The van der Waals surface area contributed by atoms with Gasteiger partial charge in [0, 0.05) is 5.56 Å². The fourth-order valence-electron chi connectivity index (χ4n) is 1.74. The summed E-state index contributed by atoms with van der Waals surface area (Å²) < 4.78 is 36.0. The minimum atomic E-state index is -3.83. The molecule has 1 aromatic rings. The molecule has 0 aliphatic rings. The van der Waals surface area contributed by atoms with Gasteiger partial charge in [-0.05, 0) is 24.1 Å². The van der Waals surface area contributed by atoms with Crippen LogP contribution in [-0.2, 0) is 16.5 Å². The fraction of sp³-hybridized carbons (Fsp3) is 0.417. The number of alkyl halides is 3. The van der Waals surface area contributed by atoms with Crippen LogP contribution in [-0.4, -0.2) is 25.3 Å². The molecular weight excluding hydrogens is 282 g/mol. The van der Waals surface area contributed by atoms with Crippen molar-refractivity contribution < 1.29 is 28.2 Å². The van der Waals surface area contributed by atoms with Crippen LogP contribution in [0.15, 0.2) is 6.07 Å². The first kappa shape index (κ1) is 15.5. The Morgan fingerprint density at radius 1 is 1.47 bits per heavy atom. The van der Waals surface area contributed by atoms with E-state index in [1.54, 1.807) is 6.92 Å². The van der Waals surface area contributed by atoms with E-state index in [1.807, 2.05) is 0 Å². The summed E-state index contributed by atoms with van der Waals surface area (Å²) in [7, 11) is 2.29. The lowest BCUT2D eigenvalue weighted by Gasteiger charge is -2.18. The molecule has 106 valence electrons. The van der Waals surface area contributed by atoms with E-state index in [0.717, 1.165) is 13.2 Å². The Hall–Kier alpha value is -1.56. The van der Waals surface area contributed by atoms with Crippen molar-refractivity contribution in [3.63, 3.8) is 0 Å². The third-order valence-electron chi connectivity index (χ3n) is 2.63. The molecule has 1 aromatic carbocycles. The summed E-state index contributed by atoms with van der Waals surface area (Å²) in [6.45, 7) is 1.68. The van der Waals surface area contributed by atoms with Gasteiger partial charge in [0.05, 0.1) is 19.8 Å². The highest BCUT2D eigenvalue weighted by Gasteiger charge is 2.37. The van der Waals surface area contributed by atoms with Gasteiger partial charge in [-0.15, -0.1) is 0 Å². The number of benzene rings is 1. The minimum absolute atomic E-state index is 0.0305. The lowest BCUT2D eigenvalue weighted by Crippen LogP contribution is -2.15. The average Bonchev–Trinajstić information content (AvgIpc) is 2.35. The lowest BCUT2D eigenvalue weighted by molar-refractivity contribution is 0.0565. The predicted molar refractivity (Wildman–Crippen MR) is 65.1 cm³/mol. The zero-order valence-corrected chi connectivity index (χ0v) is 11.3. The van der Waals surface area contributed by atoms with Gasteiger partial charge in [0.1, 0.15) is 17.1 Å². The van der Waals surface area contributed by atoms with Gasteiger partial charge in [0.25, 0.3) is 0 Å². The molecule has 0 fully saturated rings. The van der Waals surface area contributed by atoms with Crippen molar-refractivity contribution in [1.29, 1.82) is 0 Å². The molecule has 0 aliphatic heterocycles. The number of phenolic OH excluding ortho intramolecular Hbond substituents is 1. The van der Waals surface area contributed by atoms with Crippen LogP contribution in [0.5, 0.6) is 11.5 Å². The fourth-order valence-corrected chi connectivity index (χ4v) is 1.89. The standard InChI is InChI=1S/C12H13ClF2O4/c1-4-6-8(18-2)5-7(12(13,14)15)9(10(6)16)11(17)19-3/h5,16H,4H2,1-3H3. The zero-order chi connectivity index (χ0) is 14.8. The van der Waals surface area contributed by atoms with E-state index >= 15 is 0 Å². The van der Waals surface area contributed by atoms with Crippen molar-refractivity contribution in [1.82, 2.24) is 0 Å². The van der Waals surface area contributed by atoms with Gasteiger partial charge in [-0.3, -0.25) is 0 Å². The van der Waals surface area contributed by atoms with Crippen LogP contribution in [0.4, 0.5) is 8.78 Å². The van der Waals surface area contributed by atoms with Gasteiger partial charge >= 0.3 is 11.4 Å². The number of hydrogen-bond donors (Lipinski definition) is 1. The number of hydrogen-bond acceptors (Lipinski definition) is 4. The third kappa shape index (κ3) is 2.89. The van der Waals surface area contributed by atoms with Crippen molar-refractivity contribution in [2.45, 2.75) is 18.7 Å². The number of carbonyl (C=O) groups is 1. The van der Waals surface area contributed by atoms with Gasteiger partial charge in [0.15, 0.2) is 0 Å². The Bertz CT molecular complexity index is 497.